The van der Waals surface area contributed by atoms with Gasteiger partial charge in [-0.05, 0) is 46.0 Å². The average Bonchev–Trinajstić information content (AvgIpc) is 2.30. The fourth-order valence-corrected chi connectivity index (χ4v) is 2.42. The van der Waals surface area contributed by atoms with E-state index < -0.39 is 0 Å². The number of hydrogen-bond acceptors (Lipinski definition) is 1. The van der Waals surface area contributed by atoms with Gasteiger partial charge in [0.2, 0.25) is 0 Å². The molecule has 1 N–H and O–H groups in total. The van der Waals surface area contributed by atoms with Crippen molar-refractivity contribution in [3.63, 3.8) is 0 Å². The summed E-state index contributed by atoms with van der Waals surface area (Å²) >= 11 is 15.0. The van der Waals surface area contributed by atoms with Crippen LogP contribution in [0.3, 0.4) is 0 Å². The van der Waals surface area contributed by atoms with E-state index in [-0.39, 0.29) is 17.4 Å². The van der Waals surface area contributed by atoms with Crippen LogP contribution in [0.15, 0.2) is 22.7 Å². The molecule has 0 saturated carbocycles. The third-order valence-electron chi connectivity index (χ3n) is 2.93. The first-order valence-electron chi connectivity index (χ1n) is 6.07. The molecule has 106 valence electrons. The predicted octanol–water partition coefficient (Wildman–Crippen LogP) is 4.88. The van der Waals surface area contributed by atoms with Gasteiger partial charge in [-0.2, -0.15) is 0 Å². The van der Waals surface area contributed by atoms with Gasteiger partial charge in [-0.25, -0.2) is 0 Å². The number of carbonyl (C=O) groups excluding carboxylic acids is 1. The van der Waals surface area contributed by atoms with Crippen LogP contribution in [0.2, 0.25) is 5.02 Å². The van der Waals surface area contributed by atoms with Gasteiger partial charge >= 0.3 is 0 Å². The van der Waals surface area contributed by atoms with Crippen molar-refractivity contribution in [2.45, 2.75) is 33.2 Å². The zero-order chi connectivity index (χ0) is 14.6. The number of hydrogen-bond donors (Lipinski definition) is 1. The first-order chi connectivity index (χ1) is 8.75. The van der Waals surface area contributed by atoms with Crippen molar-refractivity contribution in [1.29, 1.82) is 0 Å². The summed E-state index contributed by atoms with van der Waals surface area (Å²) < 4.78 is 0.714. The molecule has 0 heterocycles. The quantitative estimate of drug-likeness (QED) is 0.756. The predicted molar refractivity (Wildman–Crippen MR) is 85.2 cm³/mol. The standard InChI is InChI=1S/C14H18BrCl2NO/c1-14(2,3)12(6-7-16)18-13(19)9-4-5-11(17)10(15)8-9/h4-5,8,12H,6-7H2,1-3H3,(H,18,19). The van der Waals surface area contributed by atoms with Gasteiger partial charge < -0.3 is 5.32 Å². The molecule has 1 unspecified atom stereocenters. The summed E-state index contributed by atoms with van der Waals surface area (Å²) in [5.74, 6) is 0.411. The summed E-state index contributed by atoms with van der Waals surface area (Å²) in [4.78, 5) is 12.2. The summed E-state index contributed by atoms with van der Waals surface area (Å²) in [5, 5.41) is 3.62. The Labute approximate surface area is 133 Å². The summed E-state index contributed by atoms with van der Waals surface area (Å²) in [6.07, 6.45) is 0.742. The van der Waals surface area contributed by atoms with Gasteiger partial charge in [0.05, 0.1) is 5.02 Å². The van der Waals surface area contributed by atoms with E-state index >= 15 is 0 Å². The molecule has 0 aromatic heterocycles. The zero-order valence-electron chi connectivity index (χ0n) is 11.3. The second-order valence-electron chi connectivity index (χ2n) is 5.50. The van der Waals surface area contributed by atoms with E-state index in [0.717, 1.165) is 6.42 Å². The Balaban J connectivity index is 2.84. The second-order valence-corrected chi connectivity index (χ2v) is 7.14. The van der Waals surface area contributed by atoms with Crippen molar-refractivity contribution in [2.75, 3.05) is 5.88 Å². The van der Waals surface area contributed by atoms with Crippen LogP contribution in [0, 0.1) is 5.41 Å². The Hall–Kier alpha value is -0.250. The van der Waals surface area contributed by atoms with E-state index in [4.69, 9.17) is 23.2 Å². The fraction of sp³-hybridized carbons (Fsp3) is 0.500. The molecule has 1 aromatic rings. The van der Waals surface area contributed by atoms with E-state index in [1.807, 2.05) is 0 Å². The van der Waals surface area contributed by atoms with Crippen LogP contribution in [0.25, 0.3) is 0 Å². The van der Waals surface area contributed by atoms with E-state index in [0.29, 0.717) is 20.9 Å². The molecule has 5 heteroatoms. The molecule has 0 aliphatic carbocycles. The highest BCUT2D eigenvalue weighted by Crippen LogP contribution is 2.25. The van der Waals surface area contributed by atoms with E-state index in [1.54, 1.807) is 18.2 Å². The number of halogens is 3. The molecule has 1 atom stereocenters. The molecule has 0 saturated heterocycles. The number of carbonyl (C=O) groups is 1. The number of alkyl halides is 1. The minimum atomic E-state index is -0.109. The maximum absolute atomic E-state index is 12.2. The van der Waals surface area contributed by atoms with Gasteiger partial charge in [-0.3, -0.25) is 4.79 Å². The second kappa shape index (κ2) is 6.96. The van der Waals surface area contributed by atoms with Crippen LogP contribution in [-0.4, -0.2) is 17.8 Å². The molecule has 2 nitrogen and oxygen atoms in total. The maximum Gasteiger partial charge on any atom is 0.251 e. The Bertz CT molecular complexity index is 457. The maximum atomic E-state index is 12.2. The van der Waals surface area contributed by atoms with Crippen LogP contribution in [0.5, 0.6) is 0 Å². The van der Waals surface area contributed by atoms with Gasteiger partial charge in [0.1, 0.15) is 0 Å². The smallest absolute Gasteiger partial charge is 0.251 e. The lowest BCUT2D eigenvalue weighted by Crippen LogP contribution is -2.44. The minimum absolute atomic E-state index is 0.0335. The molecule has 1 rings (SSSR count). The van der Waals surface area contributed by atoms with Gasteiger partial charge in [0, 0.05) is 22.0 Å². The molecule has 0 fully saturated rings. The van der Waals surface area contributed by atoms with E-state index in [1.165, 1.54) is 0 Å². The Morgan fingerprint density at radius 3 is 2.53 bits per heavy atom. The van der Waals surface area contributed by atoms with Gasteiger partial charge in [-0.1, -0.05) is 32.4 Å². The third-order valence-corrected chi connectivity index (χ3v) is 4.36. The topological polar surface area (TPSA) is 29.1 Å². The molecule has 0 aliphatic heterocycles. The number of nitrogens with one attached hydrogen (secondary N) is 1. The summed E-state index contributed by atoms with van der Waals surface area (Å²) in [6.45, 7) is 6.26. The monoisotopic (exact) mass is 365 g/mol. The molecule has 0 spiro atoms. The van der Waals surface area contributed by atoms with Crippen LogP contribution < -0.4 is 5.32 Å². The van der Waals surface area contributed by atoms with Gasteiger partial charge in [0.25, 0.3) is 5.91 Å². The van der Waals surface area contributed by atoms with Crippen LogP contribution in [0.1, 0.15) is 37.6 Å². The fourth-order valence-electron chi connectivity index (χ4n) is 1.71. The summed E-state index contributed by atoms with van der Waals surface area (Å²) in [5.41, 5.74) is 0.550. The highest BCUT2D eigenvalue weighted by molar-refractivity contribution is 9.10. The van der Waals surface area contributed by atoms with Crippen LogP contribution in [0.4, 0.5) is 0 Å². The number of benzene rings is 1. The van der Waals surface area contributed by atoms with Gasteiger partial charge in [0.15, 0.2) is 0 Å². The zero-order valence-corrected chi connectivity index (χ0v) is 14.4. The highest BCUT2D eigenvalue weighted by Gasteiger charge is 2.26. The SMILES string of the molecule is CC(C)(C)C(CCCl)NC(=O)c1ccc(Cl)c(Br)c1. The normalized spacial score (nSPS) is 13.2. The molecular formula is C14H18BrCl2NO. The molecule has 0 bridgehead atoms. The molecule has 19 heavy (non-hydrogen) atoms. The van der Waals surface area contributed by atoms with Crippen LogP contribution >= 0.6 is 39.1 Å². The molecule has 1 aromatic carbocycles. The van der Waals surface area contributed by atoms with Crippen molar-refractivity contribution in [3.8, 4) is 0 Å². The molecule has 1 amide bonds. The molecule has 0 aliphatic rings. The van der Waals surface area contributed by atoms with E-state index in [2.05, 4.69) is 42.0 Å². The lowest BCUT2D eigenvalue weighted by molar-refractivity contribution is 0.0900. The van der Waals surface area contributed by atoms with Crippen LogP contribution in [-0.2, 0) is 0 Å². The Morgan fingerprint density at radius 2 is 2.05 bits per heavy atom. The first kappa shape index (κ1) is 16.8. The van der Waals surface area contributed by atoms with E-state index in [9.17, 15) is 4.79 Å². The lowest BCUT2D eigenvalue weighted by Gasteiger charge is -2.31. The largest absolute Gasteiger partial charge is 0.349 e. The van der Waals surface area contributed by atoms with Crippen molar-refractivity contribution in [1.82, 2.24) is 5.32 Å². The third kappa shape index (κ3) is 4.97. The first-order valence-corrected chi connectivity index (χ1v) is 7.78. The van der Waals surface area contributed by atoms with Gasteiger partial charge in [-0.15, -0.1) is 11.6 Å². The van der Waals surface area contributed by atoms with Crippen molar-refractivity contribution < 1.29 is 4.79 Å². The lowest BCUT2D eigenvalue weighted by atomic mass is 9.85. The summed E-state index contributed by atoms with van der Waals surface area (Å²) in [6, 6.07) is 5.17. The number of amides is 1. The van der Waals surface area contributed by atoms with Crippen molar-refractivity contribution in [3.05, 3.63) is 33.3 Å². The summed E-state index contributed by atoms with van der Waals surface area (Å²) in [7, 11) is 0. The minimum Gasteiger partial charge on any atom is -0.349 e. The average molecular weight is 367 g/mol. The molecular weight excluding hydrogens is 349 g/mol. The van der Waals surface area contributed by atoms with Crippen molar-refractivity contribution >= 4 is 45.0 Å². The molecule has 0 radical (unpaired) electrons. The Kier molecular flexibility index (Phi) is 6.15. The number of rotatable bonds is 4. The Morgan fingerprint density at radius 1 is 1.42 bits per heavy atom. The van der Waals surface area contributed by atoms with Crippen molar-refractivity contribution in [2.24, 2.45) is 5.41 Å². The highest BCUT2D eigenvalue weighted by atomic mass is 79.9.